The fraction of sp³-hybridized carbons (Fsp3) is 0.529. The smallest absolute Gasteiger partial charge is 0.213 e. The van der Waals surface area contributed by atoms with Gasteiger partial charge in [0.15, 0.2) is 5.96 Å². The fourth-order valence-corrected chi connectivity index (χ4v) is 2.01. The first-order valence-corrected chi connectivity index (χ1v) is 7.66. The normalized spacial score (nSPS) is 12.5. The number of rotatable bonds is 8. The highest BCUT2D eigenvalue weighted by molar-refractivity contribution is 14.0. The molecule has 5 nitrogen and oxygen atoms in total. The lowest BCUT2D eigenvalue weighted by Crippen LogP contribution is -2.32. The third-order valence-corrected chi connectivity index (χ3v) is 2.93. The molecule has 1 aromatic heterocycles. The van der Waals surface area contributed by atoms with Gasteiger partial charge in [0.05, 0.1) is 12.6 Å². The van der Waals surface area contributed by atoms with Gasteiger partial charge in [0, 0.05) is 18.8 Å². The Morgan fingerprint density at radius 2 is 2.13 bits per heavy atom. The maximum absolute atomic E-state index is 5.83. The summed E-state index contributed by atoms with van der Waals surface area (Å²) in [6.07, 6.45) is 2.88. The van der Waals surface area contributed by atoms with Gasteiger partial charge in [0.2, 0.25) is 5.88 Å². The van der Waals surface area contributed by atoms with Gasteiger partial charge in [0.25, 0.3) is 0 Å². The Labute approximate surface area is 156 Å². The van der Waals surface area contributed by atoms with Gasteiger partial charge in [-0.2, -0.15) is 0 Å². The summed E-state index contributed by atoms with van der Waals surface area (Å²) in [6, 6.07) is 3.82. The van der Waals surface area contributed by atoms with E-state index in [1.807, 2.05) is 19.1 Å². The molecule has 0 saturated carbocycles. The summed E-state index contributed by atoms with van der Waals surface area (Å²) in [7, 11) is 0. The highest BCUT2D eigenvalue weighted by Gasteiger charge is 2.08. The van der Waals surface area contributed by atoms with Crippen molar-refractivity contribution in [3.8, 4) is 5.88 Å². The van der Waals surface area contributed by atoms with Crippen LogP contribution in [0, 0.1) is 5.92 Å². The molecule has 0 saturated heterocycles. The molecule has 0 aromatic carbocycles. The van der Waals surface area contributed by atoms with E-state index < -0.39 is 0 Å². The summed E-state index contributed by atoms with van der Waals surface area (Å²) in [5.41, 5.74) is 7.82. The quantitative estimate of drug-likeness (QED) is 0.286. The van der Waals surface area contributed by atoms with Crippen molar-refractivity contribution in [2.75, 3.05) is 6.54 Å². The van der Waals surface area contributed by atoms with Gasteiger partial charge >= 0.3 is 0 Å². The van der Waals surface area contributed by atoms with Crippen LogP contribution >= 0.6 is 24.0 Å². The highest BCUT2D eigenvalue weighted by Crippen LogP contribution is 2.15. The number of nitrogens with two attached hydrogens (primary N) is 1. The molecule has 0 amide bonds. The zero-order chi connectivity index (χ0) is 16.5. The van der Waals surface area contributed by atoms with Crippen LogP contribution in [0.5, 0.6) is 5.88 Å². The molecule has 23 heavy (non-hydrogen) atoms. The summed E-state index contributed by atoms with van der Waals surface area (Å²) >= 11 is 0. The summed E-state index contributed by atoms with van der Waals surface area (Å²) < 4.78 is 5.83. The van der Waals surface area contributed by atoms with E-state index in [1.54, 1.807) is 6.20 Å². The van der Waals surface area contributed by atoms with Crippen molar-refractivity contribution >= 4 is 29.9 Å². The number of ether oxygens (including phenoxy) is 1. The lowest BCUT2D eigenvalue weighted by Gasteiger charge is -2.16. The predicted molar refractivity (Wildman–Crippen MR) is 107 cm³/mol. The predicted octanol–water partition coefficient (Wildman–Crippen LogP) is 3.49. The number of nitrogens with one attached hydrogen (secondary N) is 1. The minimum absolute atomic E-state index is 0. The third kappa shape index (κ3) is 10.1. The minimum Gasteiger partial charge on any atom is -0.475 e. The monoisotopic (exact) mass is 432 g/mol. The van der Waals surface area contributed by atoms with Gasteiger partial charge in [-0.05, 0) is 37.8 Å². The van der Waals surface area contributed by atoms with Crippen LogP contribution in [0.15, 0.2) is 35.5 Å². The number of halogens is 1. The van der Waals surface area contributed by atoms with Gasteiger partial charge in [-0.15, -0.1) is 24.0 Å². The molecule has 0 bridgehead atoms. The topological polar surface area (TPSA) is 72.5 Å². The highest BCUT2D eigenvalue weighted by atomic mass is 127. The van der Waals surface area contributed by atoms with E-state index in [1.165, 1.54) is 0 Å². The molecule has 0 aliphatic carbocycles. The Hall–Kier alpha value is -1.31. The molecule has 0 fully saturated rings. The maximum Gasteiger partial charge on any atom is 0.213 e. The van der Waals surface area contributed by atoms with Crippen LogP contribution in [0.4, 0.5) is 0 Å². The molecule has 6 heteroatoms. The largest absolute Gasteiger partial charge is 0.475 e. The lowest BCUT2D eigenvalue weighted by molar-refractivity contribution is 0.185. The van der Waals surface area contributed by atoms with E-state index >= 15 is 0 Å². The average molecular weight is 432 g/mol. The van der Waals surface area contributed by atoms with Crippen molar-refractivity contribution < 1.29 is 4.74 Å². The third-order valence-electron chi connectivity index (χ3n) is 2.93. The fourth-order valence-electron chi connectivity index (χ4n) is 2.01. The Morgan fingerprint density at radius 1 is 1.43 bits per heavy atom. The standard InChI is InChI=1S/C17H28N4O.HI/c1-12(2)8-14(5)22-16-9-15(6-7-19-16)11-21-17(18)20-10-13(3)4;/h6-7,9,12,14H,3,8,10-11H2,1-2,4-5H3,(H3,18,20,21);1H. The first-order valence-electron chi connectivity index (χ1n) is 7.66. The van der Waals surface area contributed by atoms with Gasteiger partial charge in [-0.25, -0.2) is 9.98 Å². The van der Waals surface area contributed by atoms with Crippen LogP contribution < -0.4 is 15.8 Å². The Bertz CT molecular complexity index is 517. The number of pyridine rings is 1. The molecule has 0 radical (unpaired) electrons. The second-order valence-corrected chi connectivity index (χ2v) is 6.07. The summed E-state index contributed by atoms with van der Waals surface area (Å²) in [4.78, 5) is 8.54. The molecule has 0 aliphatic rings. The zero-order valence-electron chi connectivity index (χ0n) is 14.5. The Kier molecular flexibility index (Phi) is 10.6. The number of hydrogen-bond donors (Lipinski definition) is 2. The molecule has 0 spiro atoms. The molecule has 0 aliphatic heterocycles. The van der Waals surface area contributed by atoms with Gasteiger partial charge in [-0.1, -0.05) is 26.0 Å². The Balaban J connectivity index is 0.00000484. The molecule has 3 N–H and O–H groups in total. The summed E-state index contributed by atoms with van der Waals surface area (Å²) in [5.74, 6) is 1.65. The number of aromatic nitrogens is 1. The lowest BCUT2D eigenvalue weighted by atomic mass is 10.1. The van der Waals surface area contributed by atoms with E-state index in [0.717, 1.165) is 17.6 Å². The molecular formula is C17H29IN4O. The molecule has 130 valence electrons. The van der Waals surface area contributed by atoms with Gasteiger partial charge in [-0.3, -0.25) is 0 Å². The van der Waals surface area contributed by atoms with E-state index in [0.29, 0.717) is 30.8 Å². The van der Waals surface area contributed by atoms with E-state index in [4.69, 9.17) is 10.5 Å². The van der Waals surface area contributed by atoms with Crippen molar-refractivity contribution in [2.45, 2.75) is 46.8 Å². The van der Waals surface area contributed by atoms with Crippen molar-refractivity contribution in [1.29, 1.82) is 0 Å². The Morgan fingerprint density at radius 3 is 2.74 bits per heavy atom. The molecular weight excluding hydrogens is 403 g/mol. The molecule has 1 heterocycles. The van der Waals surface area contributed by atoms with Crippen LogP contribution in [-0.2, 0) is 6.54 Å². The molecule has 1 aromatic rings. The van der Waals surface area contributed by atoms with Crippen molar-refractivity contribution in [1.82, 2.24) is 10.3 Å². The molecule has 1 unspecified atom stereocenters. The van der Waals surface area contributed by atoms with Crippen molar-refractivity contribution in [2.24, 2.45) is 16.6 Å². The minimum atomic E-state index is 0. The van der Waals surface area contributed by atoms with E-state index in [-0.39, 0.29) is 30.1 Å². The first kappa shape index (κ1) is 21.7. The number of nitrogens with zero attached hydrogens (tertiary/aromatic N) is 2. The average Bonchev–Trinajstić information content (AvgIpc) is 2.42. The number of hydrogen-bond acceptors (Lipinski definition) is 3. The van der Waals surface area contributed by atoms with Crippen LogP contribution in [0.3, 0.4) is 0 Å². The molecule has 1 rings (SSSR count). The second kappa shape index (κ2) is 11.3. The van der Waals surface area contributed by atoms with Crippen LogP contribution in [0.25, 0.3) is 0 Å². The summed E-state index contributed by atoms with van der Waals surface area (Å²) in [5, 5.41) is 3.00. The second-order valence-electron chi connectivity index (χ2n) is 6.07. The molecule has 1 atom stereocenters. The number of aliphatic imine (C=N–C) groups is 1. The zero-order valence-corrected chi connectivity index (χ0v) is 16.8. The van der Waals surface area contributed by atoms with E-state index in [9.17, 15) is 0 Å². The first-order chi connectivity index (χ1) is 10.4. The van der Waals surface area contributed by atoms with Crippen LogP contribution in [0.2, 0.25) is 0 Å². The van der Waals surface area contributed by atoms with E-state index in [2.05, 4.69) is 42.6 Å². The van der Waals surface area contributed by atoms with Crippen molar-refractivity contribution in [3.05, 3.63) is 36.0 Å². The summed E-state index contributed by atoms with van der Waals surface area (Å²) in [6.45, 7) is 13.3. The SMILES string of the molecule is C=C(C)CNC(N)=NCc1ccnc(OC(C)CC(C)C)c1.I. The van der Waals surface area contributed by atoms with Crippen LogP contribution in [-0.4, -0.2) is 23.6 Å². The van der Waals surface area contributed by atoms with Crippen LogP contribution in [0.1, 0.15) is 39.7 Å². The number of guanidine groups is 1. The van der Waals surface area contributed by atoms with Gasteiger partial charge in [0.1, 0.15) is 0 Å². The van der Waals surface area contributed by atoms with Crippen molar-refractivity contribution in [3.63, 3.8) is 0 Å². The maximum atomic E-state index is 5.83. The van der Waals surface area contributed by atoms with Gasteiger partial charge < -0.3 is 15.8 Å².